The highest BCUT2D eigenvalue weighted by molar-refractivity contribution is 5.81. The van der Waals surface area contributed by atoms with E-state index in [-0.39, 0.29) is 5.91 Å². The maximum Gasteiger partial charge on any atom is 0.239 e. The molecule has 0 spiro atoms. The average molecular weight is 344 g/mol. The quantitative estimate of drug-likeness (QED) is 0.789. The summed E-state index contributed by atoms with van der Waals surface area (Å²) >= 11 is 0. The number of nitrogens with zero attached hydrogens (tertiary/aromatic N) is 1. The summed E-state index contributed by atoms with van der Waals surface area (Å²) in [5.74, 6) is 0.963. The predicted octanol–water partition coefficient (Wildman–Crippen LogP) is 4.17. The SMILES string of the molecule is CC1CCN(c2ccc(NCC(=O)NC3CCCCCC3)cc2)CC1. The summed E-state index contributed by atoms with van der Waals surface area (Å²) in [7, 11) is 0. The van der Waals surface area contributed by atoms with Gasteiger partial charge in [0.1, 0.15) is 0 Å². The van der Waals surface area contributed by atoms with E-state index in [1.54, 1.807) is 0 Å². The molecule has 0 atom stereocenters. The molecule has 1 aromatic carbocycles. The van der Waals surface area contributed by atoms with E-state index >= 15 is 0 Å². The second-order valence-electron chi connectivity index (χ2n) is 7.83. The first-order chi connectivity index (χ1) is 12.2. The van der Waals surface area contributed by atoms with Gasteiger partial charge in [-0.15, -0.1) is 0 Å². The summed E-state index contributed by atoms with van der Waals surface area (Å²) in [6.07, 6.45) is 9.94. The highest BCUT2D eigenvalue weighted by Gasteiger charge is 2.16. The van der Waals surface area contributed by atoms with Gasteiger partial charge in [0, 0.05) is 30.5 Å². The van der Waals surface area contributed by atoms with Crippen molar-refractivity contribution in [2.75, 3.05) is 29.9 Å². The molecule has 1 saturated carbocycles. The van der Waals surface area contributed by atoms with Crippen molar-refractivity contribution in [2.24, 2.45) is 5.92 Å². The summed E-state index contributed by atoms with van der Waals surface area (Å²) < 4.78 is 0. The van der Waals surface area contributed by atoms with Crippen LogP contribution in [-0.2, 0) is 4.79 Å². The van der Waals surface area contributed by atoms with Crippen molar-refractivity contribution >= 4 is 17.3 Å². The first kappa shape index (κ1) is 18.1. The van der Waals surface area contributed by atoms with Crippen molar-refractivity contribution < 1.29 is 4.79 Å². The Morgan fingerprint density at radius 2 is 1.64 bits per heavy atom. The molecule has 4 nitrogen and oxygen atoms in total. The fraction of sp³-hybridized carbons (Fsp3) is 0.667. The Balaban J connectivity index is 1.42. The van der Waals surface area contributed by atoms with Crippen LogP contribution in [0.3, 0.4) is 0 Å². The lowest BCUT2D eigenvalue weighted by Crippen LogP contribution is -2.38. The standard InChI is InChI=1S/C21H33N3O/c1-17-12-14-24(15-13-17)20-10-8-18(9-11-20)22-16-21(25)23-19-6-4-2-3-5-7-19/h8-11,17,19,22H,2-7,12-16H2,1H3,(H,23,25). The number of rotatable bonds is 5. The maximum absolute atomic E-state index is 12.2. The predicted molar refractivity (Wildman–Crippen MR) is 105 cm³/mol. The van der Waals surface area contributed by atoms with Crippen LogP contribution < -0.4 is 15.5 Å². The topological polar surface area (TPSA) is 44.4 Å². The van der Waals surface area contributed by atoms with Crippen LogP contribution in [-0.4, -0.2) is 31.6 Å². The molecule has 4 heteroatoms. The molecule has 1 aliphatic carbocycles. The van der Waals surface area contributed by atoms with Gasteiger partial charge >= 0.3 is 0 Å². The normalized spacial score (nSPS) is 20.1. The van der Waals surface area contributed by atoms with Gasteiger partial charge in [0.05, 0.1) is 6.54 Å². The van der Waals surface area contributed by atoms with E-state index in [1.165, 1.54) is 44.2 Å². The van der Waals surface area contributed by atoms with Gasteiger partial charge in [-0.3, -0.25) is 4.79 Å². The minimum Gasteiger partial charge on any atom is -0.376 e. The zero-order valence-electron chi connectivity index (χ0n) is 15.6. The van der Waals surface area contributed by atoms with Crippen molar-refractivity contribution in [2.45, 2.75) is 64.3 Å². The van der Waals surface area contributed by atoms with Crippen LogP contribution in [0.4, 0.5) is 11.4 Å². The monoisotopic (exact) mass is 343 g/mol. The fourth-order valence-electron chi connectivity index (χ4n) is 3.94. The number of hydrogen-bond donors (Lipinski definition) is 2. The Labute approximate surface area is 152 Å². The van der Waals surface area contributed by atoms with Gasteiger partial charge in [-0.05, 0) is 55.9 Å². The Bertz CT molecular complexity index is 527. The van der Waals surface area contributed by atoms with Crippen LogP contribution in [0.25, 0.3) is 0 Å². The molecule has 1 aliphatic heterocycles. The van der Waals surface area contributed by atoms with Crippen LogP contribution in [0, 0.1) is 5.92 Å². The van der Waals surface area contributed by atoms with Crippen LogP contribution in [0.5, 0.6) is 0 Å². The van der Waals surface area contributed by atoms with Crippen molar-refractivity contribution in [1.29, 1.82) is 0 Å². The molecule has 25 heavy (non-hydrogen) atoms. The first-order valence-corrected chi connectivity index (χ1v) is 10.1. The highest BCUT2D eigenvalue weighted by atomic mass is 16.1. The van der Waals surface area contributed by atoms with Gasteiger partial charge in [0.25, 0.3) is 0 Å². The Morgan fingerprint density at radius 1 is 1.00 bits per heavy atom. The molecule has 0 bridgehead atoms. The largest absolute Gasteiger partial charge is 0.376 e. The number of hydrogen-bond acceptors (Lipinski definition) is 3. The van der Waals surface area contributed by atoms with Gasteiger partial charge in [0.15, 0.2) is 0 Å². The smallest absolute Gasteiger partial charge is 0.239 e. The van der Waals surface area contributed by atoms with Gasteiger partial charge in [-0.2, -0.15) is 0 Å². The number of carbonyl (C=O) groups is 1. The molecule has 1 heterocycles. The van der Waals surface area contributed by atoms with Crippen molar-refractivity contribution in [3.8, 4) is 0 Å². The molecule has 1 saturated heterocycles. The third-order valence-corrected chi connectivity index (χ3v) is 5.69. The van der Waals surface area contributed by atoms with Crippen molar-refractivity contribution in [3.63, 3.8) is 0 Å². The molecular formula is C21H33N3O. The average Bonchev–Trinajstić information content (AvgIpc) is 2.90. The first-order valence-electron chi connectivity index (χ1n) is 10.1. The fourth-order valence-corrected chi connectivity index (χ4v) is 3.94. The second-order valence-corrected chi connectivity index (χ2v) is 7.83. The van der Waals surface area contributed by atoms with Gasteiger partial charge in [0.2, 0.25) is 5.91 Å². The zero-order chi connectivity index (χ0) is 17.5. The maximum atomic E-state index is 12.2. The van der Waals surface area contributed by atoms with Crippen LogP contribution >= 0.6 is 0 Å². The second kappa shape index (κ2) is 9.12. The third-order valence-electron chi connectivity index (χ3n) is 5.69. The van der Waals surface area contributed by atoms with E-state index in [4.69, 9.17) is 0 Å². The summed E-state index contributed by atoms with van der Waals surface area (Å²) in [5.41, 5.74) is 2.31. The van der Waals surface area contributed by atoms with Crippen molar-refractivity contribution in [1.82, 2.24) is 5.32 Å². The molecule has 2 aliphatic rings. The molecule has 1 aromatic rings. The van der Waals surface area contributed by atoms with E-state index in [1.807, 2.05) is 0 Å². The molecule has 3 rings (SSSR count). The molecular weight excluding hydrogens is 310 g/mol. The lowest BCUT2D eigenvalue weighted by molar-refractivity contribution is -0.120. The van der Waals surface area contributed by atoms with E-state index < -0.39 is 0 Å². The number of amides is 1. The van der Waals surface area contributed by atoms with E-state index in [0.717, 1.165) is 37.5 Å². The molecule has 0 aromatic heterocycles. The van der Waals surface area contributed by atoms with Crippen LogP contribution in [0.2, 0.25) is 0 Å². The van der Waals surface area contributed by atoms with Gasteiger partial charge in [-0.1, -0.05) is 32.6 Å². The number of benzene rings is 1. The zero-order valence-corrected chi connectivity index (χ0v) is 15.6. The summed E-state index contributed by atoms with van der Waals surface area (Å²) in [6.45, 7) is 5.00. The Kier molecular flexibility index (Phi) is 6.60. The van der Waals surface area contributed by atoms with E-state index in [2.05, 4.69) is 46.7 Å². The third kappa shape index (κ3) is 5.65. The molecule has 2 fully saturated rings. The molecule has 0 radical (unpaired) electrons. The number of carbonyl (C=O) groups excluding carboxylic acids is 1. The van der Waals surface area contributed by atoms with E-state index in [9.17, 15) is 4.79 Å². The number of piperidine rings is 1. The minimum atomic E-state index is 0.112. The molecule has 1 amide bonds. The lowest BCUT2D eigenvalue weighted by Gasteiger charge is -2.32. The van der Waals surface area contributed by atoms with Crippen LogP contribution in [0.15, 0.2) is 24.3 Å². The molecule has 138 valence electrons. The number of nitrogens with one attached hydrogen (secondary N) is 2. The van der Waals surface area contributed by atoms with Gasteiger partial charge < -0.3 is 15.5 Å². The lowest BCUT2D eigenvalue weighted by atomic mass is 9.99. The highest BCUT2D eigenvalue weighted by Crippen LogP contribution is 2.24. The Hall–Kier alpha value is -1.71. The Morgan fingerprint density at radius 3 is 2.28 bits per heavy atom. The minimum absolute atomic E-state index is 0.112. The summed E-state index contributed by atoms with van der Waals surface area (Å²) in [6, 6.07) is 8.89. The summed E-state index contributed by atoms with van der Waals surface area (Å²) in [5, 5.41) is 6.44. The van der Waals surface area contributed by atoms with Crippen LogP contribution in [0.1, 0.15) is 58.3 Å². The van der Waals surface area contributed by atoms with Crippen molar-refractivity contribution in [3.05, 3.63) is 24.3 Å². The van der Waals surface area contributed by atoms with Gasteiger partial charge in [-0.25, -0.2) is 0 Å². The van der Waals surface area contributed by atoms with E-state index in [0.29, 0.717) is 12.6 Å². The summed E-state index contributed by atoms with van der Waals surface area (Å²) in [4.78, 5) is 14.6. The number of anilines is 2. The molecule has 2 N–H and O–H groups in total. The molecule has 0 unspecified atom stereocenters.